The lowest BCUT2D eigenvalue weighted by Crippen LogP contribution is -2.23. The van der Waals surface area contributed by atoms with Gasteiger partial charge in [-0.05, 0) is 50.1 Å². The van der Waals surface area contributed by atoms with Gasteiger partial charge in [-0.15, -0.1) is 11.3 Å². The maximum atomic E-state index is 12.3. The predicted octanol–water partition coefficient (Wildman–Crippen LogP) is 4.26. The van der Waals surface area contributed by atoms with E-state index in [-0.39, 0.29) is 5.91 Å². The minimum atomic E-state index is -0.0892. The number of aromatic nitrogens is 1. The lowest BCUT2D eigenvalue weighted by Gasteiger charge is -2.08. The molecule has 0 spiro atoms. The van der Waals surface area contributed by atoms with E-state index in [1.807, 2.05) is 56.5 Å². The SMILES string of the molecule is Cc1nc(-c2ccc(CNC(=O)c3cccc(C)c3C)o2)cs1. The van der Waals surface area contributed by atoms with E-state index >= 15 is 0 Å². The van der Waals surface area contributed by atoms with Crippen LogP contribution in [0.25, 0.3) is 11.5 Å². The molecule has 2 aromatic heterocycles. The third kappa shape index (κ3) is 3.35. The Morgan fingerprint density at radius 3 is 2.78 bits per heavy atom. The van der Waals surface area contributed by atoms with Gasteiger partial charge in [-0.25, -0.2) is 4.98 Å². The molecule has 0 saturated heterocycles. The number of carbonyl (C=O) groups is 1. The molecule has 5 heteroatoms. The highest BCUT2D eigenvalue weighted by Crippen LogP contribution is 2.23. The molecule has 2 heterocycles. The summed E-state index contributed by atoms with van der Waals surface area (Å²) in [6.07, 6.45) is 0. The van der Waals surface area contributed by atoms with Gasteiger partial charge in [0.05, 0.1) is 11.6 Å². The molecule has 0 unspecified atom stereocenters. The first-order chi connectivity index (χ1) is 11.0. The molecule has 0 radical (unpaired) electrons. The standard InChI is InChI=1S/C18H18N2O2S/c1-11-5-4-6-15(12(11)2)18(21)19-9-14-7-8-17(22-14)16-10-23-13(3)20-16/h4-8,10H,9H2,1-3H3,(H,19,21). The molecule has 0 atom stereocenters. The molecule has 1 amide bonds. The van der Waals surface area contributed by atoms with E-state index in [4.69, 9.17) is 4.42 Å². The summed E-state index contributed by atoms with van der Waals surface area (Å²) >= 11 is 1.59. The van der Waals surface area contributed by atoms with E-state index in [9.17, 15) is 4.79 Å². The van der Waals surface area contributed by atoms with Crippen LogP contribution >= 0.6 is 11.3 Å². The van der Waals surface area contributed by atoms with Crippen molar-refractivity contribution in [1.82, 2.24) is 10.3 Å². The summed E-state index contributed by atoms with van der Waals surface area (Å²) in [5.41, 5.74) is 3.64. The Labute approximate surface area is 139 Å². The zero-order valence-electron chi connectivity index (χ0n) is 13.3. The minimum absolute atomic E-state index is 0.0892. The number of aryl methyl sites for hydroxylation is 2. The van der Waals surface area contributed by atoms with Crippen LogP contribution in [0.2, 0.25) is 0 Å². The number of furan rings is 1. The van der Waals surface area contributed by atoms with E-state index in [1.165, 1.54) is 0 Å². The molecule has 1 aromatic carbocycles. The van der Waals surface area contributed by atoms with Crippen LogP contribution in [0.15, 0.2) is 40.1 Å². The summed E-state index contributed by atoms with van der Waals surface area (Å²) in [4.78, 5) is 16.7. The Hall–Kier alpha value is -2.40. The number of nitrogens with zero attached hydrogens (tertiary/aromatic N) is 1. The van der Waals surface area contributed by atoms with Crippen LogP contribution in [-0.4, -0.2) is 10.9 Å². The maximum Gasteiger partial charge on any atom is 0.251 e. The first kappa shape index (κ1) is 15.5. The van der Waals surface area contributed by atoms with Crippen LogP contribution in [0.3, 0.4) is 0 Å². The van der Waals surface area contributed by atoms with E-state index in [1.54, 1.807) is 11.3 Å². The van der Waals surface area contributed by atoms with Crippen molar-refractivity contribution in [2.75, 3.05) is 0 Å². The van der Waals surface area contributed by atoms with Gasteiger partial charge in [-0.3, -0.25) is 4.79 Å². The van der Waals surface area contributed by atoms with Gasteiger partial charge < -0.3 is 9.73 Å². The van der Waals surface area contributed by atoms with Crippen LogP contribution in [0.1, 0.15) is 32.3 Å². The van der Waals surface area contributed by atoms with Crippen LogP contribution in [0.5, 0.6) is 0 Å². The lowest BCUT2D eigenvalue weighted by molar-refractivity contribution is 0.0947. The molecule has 3 aromatic rings. The van der Waals surface area contributed by atoms with E-state index in [0.717, 1.165) is 27.6 Å². The topological polar surface area (TPSA) is 55.1 Å². The summed E-state index contributed by atoms with van der Waals surface area (Å²) < 4.78 is 5.75. The van der Waals surface area contributed by atoms with Gasteiger partial charge in [0, 0.05) is 10.9 Å². The fourth-order valence-corrected chi connectivity index (χ4v) is 2.95. The number of amides is 1. The number of benzene rings is 1. The highest BCUT2D eigenvalue weighted by Gasteiger charge is 2.12. The second kappa shape index (κ2) is 6.38. The van der Waals surface area contributed by atoms with Crippen molar-refractivity contribution >= 4 is 17.2 Å². The molecular weight excluding hydrogens is 308 g/mol. The van der Waals surface area contributed by atoms with Crippen LogP contribution in [0.4, 0.5) is 0 Å². The van der Waals surface area contributed by atoms with Gasteiger partial charge in [0.15, 0.2) is 5.76 Å². The molecule has 0 aliphatic carbocycles. The fraction of sp³-hybridized carbons (Fsp3) is 0.222. The summed E-state index contributed by atoms with van der Waals surface area (Å²) in [7, 11) is 0. The van der Waals surface area contributed by atoms with Crippen molar-refractivity contribution in [3.8, 4) is 11.5 Å². The molecule has 0 saturated carbocycles. The average Bonchev–Trinajstić information content (AvgIpc) is 3.16. The summed E-state index contributed by atoms with van der Waals surface area (Å²) in [6, 6.07) is 9.48. The van der Waals surface area contributed by atoms with Gasteiger partial charge in [0.25, 0.3) is 5.91 Å². The summed E-state index contributed by atoms with van der Waals surface area (Å²) in [5.74, 6) is 1.35. The van der Waals surface area contributed by atoms with Gasteiger partial charge in [0.2, 0.25) is 0 Å². The number of carbonyl (C=O) groups excluding carboxylic acids is 1. The smallest absolute Gasteiger partial charge is 0.251 e. The van der Waals surface area contributed by atoms with Crippen molar-refractivity contribution in [1.29, 1.82) is 0 Å². The first-order valence-electron chi connectivity index (χ1n) is 7.40. The van der Waals surface area contributed by atoms with Crippen molar-refractivity contribution in [3.63, 3.8) is 0 Å². The second-order valence-electron chi connectivity index (χ2n) is 5.45. The Balaban J connectivity index is 1.68. The van der Waals surface area contributed by atoms with E-state index in [2.05, 4.69) is 10.3 Å². The zero-order valence-corrected chi connectivity index (χ0v) is 14.2. The Morgan fingerprint density at radius 2 is 2.04 bits per heavy atom. The molecule has 118 valence electrons. The molecule has 1 N–H and O–H groups in total. The van der Waals surface area contributed by atoms with Crippen molar-refractivity contribution in [3.05, 3.63) is 63.2 Å². The highest BCUT2D eigenvalue weighted by atomic mass is 32.1. The molecule has 0 aliphatic heterocycles. The minimum Gasteiger partial charge on any atom is -0.458 e. The van der Waals surface area contributed by atoms with Crippen molar-refractivity contribution in [2.45, 2.75) is 27.3 Å². The molecule has 0 aliphatic rings. The zero-order chi connectivity index (χ0) is 16.4. The first-order valence-corrected chi connectivity index (χ1v) is 8.28. The maximum absolute atomic E-state index is 12.3. The van der Waals surface area contributed by atoms with Crippen LogP contribution in [0, 0.1) is 20.8 Å². The van der Waals surface area contributed by atoms with Gasteiger partial charge >= 0.3 is 0 Å². The number of hydrogen-bond acceptors (Lipinski definition) is 4. The van der Waals surface area contributed by atoms with Gasteiger partial charge in [0.1, 0.15) is 11.5 Å². The quantitative estimate of drug-likeness (QED) is 0.779. The normalized spacial score (nSPS) is 10.7. The predicted molar refractivity (Wildman–Crippen MR) is 91.6 cm³/mol. The largest absolute Gasteiger partial charge is 0.458 e. The third-order valence-electron chi connectivity index (χ3n) is 3.81. The number of rotatable bonds is 4. The van der Waals surface area contributed by atoms with Gasteiger partial charge in [-0.2, -0.15) is 0 Å². The highest BCUT2D eigenvalue weighted by molar-refractivity contribution is 7.09. The van der Waals surface area contributed by atoms with Crippen molar-refractivity contribution < 1.29 is 9.21 Å². The lowest BCUT2D eigenvalue weighted by atomic mass is 10.0. The number of hydrogen-bond donors (Lipinski definition) is 1. The molecule has 3 rings (SSSR count). The van der Waals surface area contributed by atoms with Crippen LogP contribution < -0.4 is 5.32 Å². The van der Waals surface area contributed by atoms with Gasteiger partial charge in [-0.1, -0.05) is 12.1 Å². The second-order valence-corrected chi connectivity index (χ2v) is 6.51. The number of nitrogens with one attached hydrogen (secondary N) is 1. The molecular formula is C18H18N2O2S. The molecule has 4 nitrogen and oxygen atoms in total. The Morgan fingerprint density at radius 1 is 1.22 bits per heavy atom. The Kier molecular flexibility index (Phi) is 4.30. The van der Waals surface area contributed by atoms with E-state index < -0.39 is 0 Å². The average molecular weight is 326 g/mol. The number of thiazole rings is 1. The molecule has 0 fully saturated rings. The third-order valence-corrected chi connectivity index (χ3v) is 4.58. The van der Waals surface area contributed by atoms with Crippen LogP contribution in [-0.2, 0) is 6.54 Å². The summed E-state index contributed by atoms with van der Waals surface area (Å²) in [6.45, 7) is 6.28. The Bertz CT molecular complexity index is 848. The van der Waals surface area contributed by atoms with E-state index in [0.29, 0.717) is 17.9 Å². The fourth-order valence-electron chi connectivity index (χ4n) is 2.35. The molecule has 23 heavy (non-hydrogen) atoms. The molecule has 0 bridgehead atoms. The van der Waals surface area contributed by atoms with Crippen molar-refractivity contribution in [2.24, 2.45) is 0 Å². The monoisotopic (exact) mass is 326 g/mol. The summed E-state index contributed by atoms with van der Waals surface area (Å²) in [5, 5.41) is 5.87.